The van der Waals surface area contributed by atoms with Crippen molar-refractivity contribution in [1.29, 1.82) is 0 Å². The molecule has 0 unspecified atom stereocenters. The summed E-state index contributed by atoms with van der Waals surface area (Å²) in [6.45, 7) is 3.71. The van der Waals surface area contributed by atoms with Crippen molar-refractivity contribution in [2.45, 2.75) is 31.5 Å². The number of rotatable bonds is 5. The predicted molar refractivity (Wildman–Crippen MR) is 135 cm³/mol. The molecule has 0 N–H and O–H groups in total. The maximum atomic E-state index is 15.1. The Morgan fingerprint density at radius 1 is 1.13 bits per heavy atom. The van der Waals surface area contributed by atoms with Gasteiger partial charge in [-0.2, -0.15) is 0 Å². The van der Waals surface area contributed by atoms with Crippen LogP contribution in [0.15, 0.2) is 55.0 Å². The molecule has 3 aromatic rings. The van der Waals surface area contributed by atoms with Crippen molar-refractivity contribution in [1.82, 2.24) is 19.8 Å². The van der Waals surface area contributed by atoms with Crippen molar-refractivity contribution in [3.63, 3.8) is 0 Å². The highest BCUT2D eigenvalue weighted by Gasteiger charge is 2.52. The number of esters is 1. The van der Waals surface area contributed by atoms with Gasteiger partial charge in [-0.15, -0.1) is 0 Å². The zero-order chi connectivity index (χ0) is 27.2. The number of ether oxygens (including phenoxy) is 2. The fourth-order valence-electron chi connectivity index (χ4n) is 4.88. The minimum absolute atomic E-state index is 0.0721. The highest BCUT2D eigenvalue weighted by molar-refractivity contribution is 5.95. The first kappa shape index (κ1) is 25.3. The van der Waals surface area contributed by atoms with Gasteiger partial charge in [0.25, 0.3) is 11.8 Å². The van der Waals surface area contributed by atoms with Gasteiger partial charge in [-0.3, -0.25) is 19.6 Å². The van der Waals surface area contributed by atoms with Crippen LogP contribution in [0.2, 0.25) is 0 Å². The van der Waals surface area contributed by atoms with Crippen LogP contribution < -0.4 is 4.74 Å². The zero-order valence-electron chi connectivity index (χ0n) is 21.5. The third-order valence-corrected chi connectivity index (χ3v) is 6.87. The number of likely N-dealkylation sites (tertiary alicyclic amines) is 1. The van der Waals surface area contributed by atoms with Gasteiger partial charge in [0, 0.05) is 56.8 Å². The average Bonchev–Trinajstić information content (AvgIpc) is 3.45. The molecule has 1 saturated heterocycles. The average molecular weight is 519 g/mol. The third kappa shape index (κ3) is 4.36. The SMILES string of the molecule is CN(C)C(=O)c1ccc(-c2ccc(OC(C)(C)C(=O)N3CC[C@@]4(C3)OC(=O)c3cnccc34)c(F)c2)cn1. The van der Waals surface area contributed by atoms with E-state index in [2.05, 4.69) is 9.97 Å². The van der Waals surface area contributed by atoms with Crippen molar-refractivity contribution in [2.75, 3.05) is 27.2 Å². The van der Waals surface area contributed by atoms with E-state index in [0.29, 0.717) is 29.7 Å². The van der Waals surface area contributed by atoms with Crippen LogP contribution in [0, 0.1) is 5.82 Å². The molecule has 2 amide bonds. The molecular weight excluding hydrogens is 491 g/mol. The first-order valence-electron chi connectivity index (χ1n) is 12.1. The number of hydrogen-bond acceptors (Lipinski definition) is 7. The zero-order valence-corrected chi connectivity index (χ0v) is 21.5. The number of halogens is 1. The Labute approximate surface area is 219 Å². The van der Waals surface area contributed by atoms with Crippen molar-refractivity contribution in [3.8, 4) is 16.9 Å². The van der Waals surface area contributed by atoms with Gasteiger partial charge in [-0.1, -0.05) is 12.1 Å². The van der Waals surface area contributed by atoms with E-state index < -0.39 is 23.0 Å². The predicted octanol–water partition coefficient (Wildman–Crippen LogP) is 3.44. The van der Waals surface area contributed by atoms with Crippen molar-refractivity contribution in [2.24, 2.45) is 0 Å². The minimum atomic E-state index is -1.38. The molecule has 0 radical (unpaired) electrons. The molecule has 1 atom stereocenters. The molecule has 2 aliphatic rings. The Kier molecular flexibility index (Phi) is 6.13. The van der Waals surface area contributed by atoms with E-state index in [1.54, 1.807) is 63.3 Å². The number of aromatic nitrogens is 2. The Hall–Kier alpha value is -4.34. The number of benzene rings is 1. The number of carbonyl (C=O) groups is 3. The molecule has 1 aromatic carbocycles. The molecule has 0 aliphatic carbocycles. The van der Waals surface area contributed by atoms with Crippen LogP contribution in [-0.2, 0) is 15.1 Å². The summed E-state index contributed by atoms with van der Waals surface area (Å²) >= 11 is 0. The molecule has 1 fully saturated rings. The van der Waals surface area contributed by atoms with Crippen LogP contribution >= 0.6 is 0 Å². The van der Waals surface area contributed by atoms with E-state index in [0.717, 1.165) is 5.56 Å². The van der Waals surface area contributed by atoms with Crippen molar-refractivity contribution >= 4 is 17.8 Å². The van der Waals surface area contributed by atoms with Gasteiger partial charge in [0.05, 0.1) is 12.1 Å². The van der Waals surface area contributed by atoms with E-state index in [1.807, 2.05) is 0 Å². The molecule has 5 rings (SSSR count). The summed E-state index contributed by atoms with van der Waals surface area (Å²) in [5.74, 6) is -1.73. The maximum absolute atomic E-state index is 15.1. The maximum Gasteiger partial charge on any atom is 0.341 e. The quantitative estimate of drug-likeness (QED) is 0.477. The lowest BCUT2D eigenvalue weighted by Gasteiger charge is -2.31. The smallest absolute Gasteiger partial charge is 0.341 e. The van der Waals surface area contributed by atoms with E-state index in [-0.39, 0.29) is 29.8 Å². The van der Waals surface area contributed by atoms with E-state index in [1.165, 1.54) is 29.4 Å². The van der Waals surface area contributed by atoms with Gasteiger partial charge in [0.2, 0.25) is 0 Å². The second-order valence-electron chi connectivity index (χ2n) is 10.2. The molecule has 2 aliphatic heterocycles. The minimum Gasteiger partial charge on any atom is -0.475 e. The summed E-state index contributed by atoms with van der Waals surface area (Å²) < 4.78 is 26.6. The van der Waals surface area contributed by atoms with Gasteiger partial charge in [-0.05, 0) is 43.7 Å². The molecular formula is C28H27FN4O5. The van der Waals surface area contributed by atoms with Gasteiger partial charge < -0.3 is 19.3 Å². The summed E-state index contributed by atoms with van der Waals surface area (Å²) in [5.41, 5.74) is 0.311. The fraction of sp³-hybridized carbons (Fsp3) is 0.321. The van der Waals surface area contributed by atoms with Gasteiger partial charge in [0.15, 0.2) is 22.8 Å². The second-order valence-corrected chi connectivity index (χ2v) is 10.2. The number of pyridine rings is 2. The molecule has 10 heteroatoms. The number of amides is 2. The first-order valence-corrected chi connectivity index (χ1v) is 12.1. The summed E-state index contributed by atoms with van der Waals surface area (Å²) in [6, 6.07) is 9.45. The molecule has 38 heavy (non-hydrogen) atoms. The number of hydrogen-bond donors (Lipinski definition) is 0. The fourth-order valence-corrected chi connectivity index (χ4v) is 4.88. The Morgan fingerprint density at radius 2 is 1.89 bits per heavy atom. The lowest BCUT2D eigenvalue weighted by Crippen LogP contribution is -2.49. The van der Waals surface area contributed by atoms with E-state index in [4.69, 9.17) is 9.47 Å². The van der Waals surface area contributed by atoms with Gasteiger partial charge in [0.1, 0.15) is 5.69 Å². The lowest BCUT2D eigenvalue weighted by molar-refractivity contribution is -0.145. The second kappa shape index (κ2) is 9.20. The molecule has 0 saturated carbocycles. The van der Waals surface area contributed by atoms with Gasteiger partial charge in [-0.25, -0.2) is 9.18 Å². The van der Waals surface area contributed by atoms with Crippen molar-refractivity contribution < 1.29 is 28.2 Å². The number of fused-ring (bicyclic) bond motifs is 2. The van der Waals surface area contributed by atoms with Crippen LogP contribution in [0.4, 0.5) is 4.39 Å². The molecule has 1 spiro atoms. The van der Waals surface area contributed by atoms with Crippen LogP contribution in [0.5, 0.6) is 5.75 Å². The molecule has 0 bridgehead atoms. The highest BCUT2D eigenvalue weighted by atomic mass is 19.1. The van der Waals surface area contributed by atoms with Crippen molar-refractivity contribution in [3.05, 3.63) is 77.6 Å². The van der Waals surface area contributed by atoms with E-state index in [9.17, 15) is 14.4 Å². The highest BCUT2D eigenvalue weighted by Crippen LogP contribution is 2.43. The Bertz CT molecular complexity index is 1440. The standard InChI is InChI=1S/C28H27FN4O5/c1-27(2,26(36)33-12-10-28(16-33)20-9-11-30-15-19(20)25(35)38-28)37-23-8-6-17(13-21(23)29)18-5-7-22(31-14-18)24(34)32(3)4/h5-9,11,13-15H,10,12,16H2,1-4H3/t28-/m0/s1. The third-order valence-electron chi connectivity index (χ3n) is 6.87. The first-order chi connectivity index (χ1) is 18.0. The monoisotopic (exact) mass is 518 g/mol. The summed E-state index contributed by atoms with van der Waals surface area (Å²) in [7, 11) is 3.28. The van der Waals surface area contributed by atoms with Crippen LogP contribution in [0.1, 0.15) is 46.7 Å². The van der Waals surface area contributed by atoms with E-state index >= 15 is 4.39 Å². The summed E-state index contributed by atoms with van der Waals surface area (Å²) in [5, 5.41) is 0. The summed E-state index contributed by atoms with van der Waals surface area (Å²) in [6.07, 6.45) is 5.03. The molecule has 196 valence electrons. The normalized spacial score (nSPS) is 18.3. The number of carbonyl (C=O) groups excluding carboxylic acids is 3. The topological polar surface area (TPSA) is 102 Å². The lowest BCUT2D eigenvalue weighted by atomic mass is 9.93. The molecule has 2 aromatic heterocycles. The van der Waals surface area contributed by atoms with Crippen LogP contribution in [0.3, 0.4) is 0 Å². The largest absolute Gasteiger partial charge is 0.475 e. The summed E-state index contributed by atoms with van der Waals surface area (Å²) in [4.78, 5) is 49.0. The number of nitrogens with zero attached hydrogens (tertiary/aromatic N) is 4. The van der Waals surface area contributed by atoms with Crippen LogP contribution in [0.25, 0.3) is 11.1 Å². The van der Waals surface area contributed by atoms with Crippen LogP contribution in [-0.4, -0.2) is 70.3 Å². The Morgan fingerprint density at radius 3 is 2.58 bits per heavy atom. The Balaban J connectivity index is 1.29. The molecule has 9 nitrogen and oxygen atoms in total. The molecule has 4 heterocycles. The van der Waals surface area contributed by atoms with Gasteiger partial charge >= 0.3 is 5.97 Å².